The summed E-state index contributed by atoms with van der Waals surface area (Å²) in [7, 11) is -2.03. The zero-order valence-electron chi connectivity index (χ0n) is 11.5. The van der Waals surface area contributed by atoms with Crippen LogP contribution >= 0.6 is 0 Å². The first kappa shape index (κ1) is 15.4. The molecule has 15 heavy (non-hydrogen) atoms. The van der Waals surface area contributed by atoms with Crippen LogP contribution in [-0.4, -0.2) is 29.6 Å². The van der Waals surface area contributed by atoms with E-state index in [0.717, 1.165) is 0 Å². The molecule has 0 aromatic carbocycles. The van der Waals surface area contributed by atoms with Crippen LogP contribution in [0.15, 0.2) is 0 Å². The fraction of sp³-hybridized carbons (Fsp3) is 1.00. The molecule has 0 saturated heterocycles. The van der Waals surface area contributed by atoms with Gasteiger partial charge in [0.15, 0.2) is 0 Å². The van der Waals surface area contributed by atoms with Crippen LogP contribution in [0.2, 0.25) is 39.3 Å². The first-order chi connectivity index (χ1) is 6.71. The molecule has 0 saturated carbocycles. The van der Waals surface area contributed by atoms with Crippen molar-refractivity contribution >= 4 is 16.5 Å². The van der Waals surface area contributed by atoms with E-state index in [-0.39, 0.29) is 0 Å². The van der Waals surface area contributed by atoms with Crippen LogP contribution < -0.4 is 9.96 Å². The van der Waals surface area contributed by atoms with Gasteiger partial charge in [0.1, 0.15) is 16.5 Å². The molecule has 0 unspecified atom stereocenters. The second kappa shape index (κ2) is 6.83. The molecule has 0 spiro atoms. The van der Waals surface area contributed by atoms with Crippen molar-refractivity contribution in [3.8, 4) is 0 Å². The minimum absolute atomic E-state index is 1.01. The lowest BCUT2D eigenvalue weighted by molar-refractivity contribution is 0.653. The summed E-state index contributed by atoms with van der Waals surface area (Å²) in [5, 5.41) is 0. The number of nitrogens with one attached hydrogen (secondary N) is 2. The molecule has 0 heterocycles. The van der Waals surface area contributed by atoms with Gasteiger partial charge in [-0.2, -0.15) is 0 Å². The molecule has 0 aliphatic carbocycles. The molecule has 0 aromatic heterocycles. The van der Waals surface area contributed by atoms with Crippen LogP contribution in [0.25, 0.3) is 0 Å². The molecule has 0 bridgehead atoms. The molecular formula is C11H30N2Si2. The number of hydrogen-bond acceptors (Lipinski definition) is 2. The van der Waals surface area contributed by atoms with Crippen molar-refractivity contribution in [3.05, 3.63) is 0 Å². The molecule has 0 amide bonds. The topological polar surface area (TPSA) is 24.1 Å². The number of unbranched alkanes of at least 4 members (excludes halogenated alkanes) is 2. The molecule has 4 heteroatoms. The summed E-state index contributed by atoms with van der Waals surface area (Å²) in [5.41, 5.74) is 0. The zero-order chi connectivity index (χ0) is 11.9. The van der Waals surface area contributed by atoms with E-state index in [1.54, 1.807) is 0 Å². The third kappa shape index (κ3) is 14.4. The molecule has 0 atom stereocenters. The monoisotopic (exact) mass is 246 g/mol. The van der Waals surface area contributed by atoms with E-state index in [4.69, 9.17) is 0 Å². The summed E-state index contributed by atoms with van der Waals surface area (Å²) in [6.45, 7) is 16.6. The van der Waals surface area contributed by atoms with Crippen molar-refractivity contribution in [1.82, 2.24) is 9.96 Å². The predicted octanol–water partition coefficient (Wildman–Crippen LogP) is 3.01. The second-order valence-corrected chi connectivity index (χ2v) is 16.1. The summed E-state index contributed by atoms with van der Waals surface area (Å²) in [5.74, 6) is 0. The maximum Gasteiger partial charge on any atom is 0.116 e. The fourth-order valence-corrected chi connectivity index (χ4v) is 3.21. The van der Waals surface area contributed by atoms with Gasteiger partial charge in [-0.1, -0.05) is 45.7 Å². The van der Waals surface area contributed by atoms with Crippen LogP contribution in [0.5, 0.6) is 0 Å². The Hall–Kier alpha value is 0.354. The summed E-state index contributed by atoms with van der Waals surface area (Å²) in [6.07, 6.45) is 4.02. The largest absolute Gasteiger partial charge is 0.337 e. The van der Waals surface area contributed by atoms with E-state index in [9.17, 15) is 0 Å². The fourth-order valence-electron chi connectivity index (χ4n) is 1.35. The SMILES string of the molecule is C[Si](C)(C)NCCCCCN[Si](C)(C)C. The van der Waals surface area contributed by atoms with Gasteiger partial charge in [0, 0.05) is 0 Å². The Kier molecular flexibility index (Phi) is 6.99. The highest BCUT2D eigenvalue weighted by Crippen LogP contribution is 1.99. The van der Waals surface area contributed by atoms with E-state index >= 15 is 0 Å². The van der Waals surface area contributed by atoms with Crippen molar-refractivity contribution in [2.75, 3.05) is 13.1 Å². The molecular weight excluding hydrogens is 216 g/mol. The minimum Gasteiger partial charge on any atom is -0.337 e. The van der Waals surface area contributed by atoms with E-state index in [1.807, 2.05) is 0 Å². The van der Waals surface area contributed by atoms with E-state index in [0.29, 0.717) is 0 Å². The molecule has 0 aliphatic heterocycles. The van der Waals surface area contributed by atoms with Gasteiger partial charge in [0.2, 0.25) is 0 Å². The Morgan fingerprint density at radius 3 is 1.20 bits per heavy atom. The quantitative estimate of drug-likeness (QED) is 0.508. The van der Waals surface area contributed by atoms with Gasteiger partial charge in [-0.15, -0.1) is 0 Å². The highest BCUT2D eigenvalue weighted by molar-refractivity contribution is 6.73. The van der Waals surface area contributed by atoms with Crippen molar-refractivity contribution in [2.45, 2.75) is 58.5 Å². The maximum atomic E-state index is 3.66. The second-order valence-electron chi connectivity index (χ2n) is 6.41. The molecule has 2 nitrogen and oxygen atoms in total. The smallest absolute Gasteiger partial charge is 0.116 e. The lowest BCUT2D eigenvalue weighted by Gasteiger charge is -2.19. The van der Waals surface area contributed by atoms with Gasteiger partial charge in [0.05, 0.1) is 0 Å². The van der Waals surface area contributed by atoms with Gasteiger partial charge >= 0.3 is 0 Å². The van der Waals surface area contributed by atoms with E-state index in [1.165, 1.54) is 32.4 Å². The highest BCUT2D eigenvalue weighted by atomic mass is 28.3. The maximum absolute atomic E-state index is 3.66. The van der Waals surface area contributed by atoms with Gasteiger partial charge in [-0.25, -0.2) is 0 Å². The Morgan fingerprint density at radius 2 is 0.933 bits per heavy atom. The summed E-state index contributed by atoms with van der Waals surface area (Å²) < 4.78 is 0. The Labute approximate surface area is 98.4 Å². The Balaban J connectivity index is 3.20. The van der Waals surface area contributed by atoms with Gasteiger partial charge in [0.25, 0.3) is 0 Å². The van der Waals surface area contributed by atoms with Gasteiger partial charge in [-0.3, -0.25) is 0 Å². The van der Waals surface area contributed by atoms with Crippen LogP contribution in [-0.2, 0) is 0 Å². The average Bonchev–Trinajstić information content (AvgIpc) is 1.98. The molecule has 92 valence electrons. The van der Waals surface area contributed by atoms with Crippen molar-refractivity contribution in [3.63, 3.8) is 0 Å². The third-order valence-corrected chi connectivity index (χ3v) is 4.79. The lowest BCUT2D eigenvalue weighted by Crippen LogP contribution is -2.42. The Morgan fingerprint density at radius 1 is 0.600 bits per heavy atom. The normalized spacial score (nSPS) is 13.2. The van der Waals surface area contributed by atoms with Crippen LogP contribution in [0.3, 0.4) is 0 Å². The molecule has 0 radical (unpaired) electrons. The zero-order valence-corrected chi connectivity index (χ0v) is 13.5. The third-order valence-electron chi connectivity index (χ3n) is 2.16. The molecule has 0 rings (SSSR count). The summed E-state index contributed by atoms with van der Waals surface area (Å²) in [6, 6.07) is 0. The van der Waals surface area contributed by atoms with Gasteiger partial charge in [-0.05, 0) is 25.9 Å². The van der Waals surface area contributed by atoms with E-state index < -0.39 is 16.5 Å². The first-order valence-electron chi connectivity index (χ1n) is 6.21. The molecule has 0 fully saturated rings. The molecule has 0 aliphatic rings. The highest BCUT2D eigenvalue weighted by Gasteiger charge is 2.11. The minimum atomic E-state index is -1.01. The van der Waals surface area contributed by atoms with Crippen LogP contribution in [0, 0.1) is 0 Å². The summed E-state index contributed by atoms with van der Waals surface area (Å²) in [4.78, 5) is 7.31. The van der Waals surface area contributed by atoms with Crippen molar-refractivity contribution < 1.29 is 0 Å². The molecule has 0 aromatic rings. The lowest BCUT2D eigenvalue weighted by atomic mass is 10.2. The average molecular weight is 247 g/mol. The van der Waals surface area contributed by atoms with Crippen LogP contribution in [0.1, 0.15) is 19.3 Å². The Bertz CT molecular complexity index is 141. The predicted molar refractivity (Wildman–Crippen MR) is 76.5 cm³/mol. The molecule has 2 N–H and O–H groups in total. The van der Waals surface area contributed by atoms with Crippen LogP contribution in [0.4, 0.5) is 0 Å². The van der Waals surface area contributed by atoms with Crippen molar-refractivity contribution in [1.29, 1.82) is 0 Å². The summed E-state index contributed by atoms with van der Waals surface area (Å²) >= 11 is 0. The van der Waals surface area contributed by atoms with E-state index in [2.05, 4.69) is 49.2 Å². The van der Waals surface area contributed by atoms with Crippen molar-refractivity contribution in [2.24, 2.45) is 0 Å². The number of hydrogen-bond donors (Lipinski definition) is 2. The van der Waals surface area contributed by atoms with Gasteiger partial charge < -0.3 is 9.96 Å². The first-order valence-corrected chi connectivity index (χ1v) is 13.2. The number of rotatable bonds is 8. The standard InChI is InChI=1S/C11H30N2Si2/c1-14(2,3)12-10-8-7-9-11-13-15(4,5)6/h12-13H,7-11H2,1-6H3.